The summed E-state index contributed by atoms with van der Waals surface area (Å²) in [7, 11) is 0. The van der Waals surface area contributed by atoms with E-state index in [4.69, 9.17) is 9.47 Å². The average molecular weight is 326 g/mol. The van der Waals surface area contributed by atoms with Gasteiger partial charge in [-0.1, -0.05) is 0 Å². The maximum Gasteiger partial charge on any atom is 0.225 e. The number of anilines is 1. The number of ether oxygens (including phenoxy) is 2. The fourth-order valence-electron chi connectivity index (χ4n) is 3.59. The van der Waals surface area contributed by atoms with E-state index in [0.717, 1.165) is 49.6 Å². The summed E-state index contributed by atoms with van der Waals surface area (Å²) >= 11 is 0. The molecule has 2 fully saturated rings. The van der Waals surface area contributed by atoms with Gasteiger partial charge >= 0.3 is 0 Å². The van der Waals surface area contributed by atoms with E-state index < -0.39 is 0 Å². The van der Waals surface area contributed by atoms with E-state index in [1.54, 1.807) is 12.4 Å². The first-order chi connectivity index (χ1) is 11.7. The van der Waals surface area contributed by atoms with Crippen molar-refractivity contribution >= 4 is 5.95 Å². The highest BCUT2D eigenvalue weighted by Crippen LogP contribution is 2.36. The highest BCUT2D eigenvalue weighted by Gasteiger charge is 2.45. The van der Waals surface area contributed by atoms with Crippen LogP contribution in [0.25, 0.3) is 0 Å². The van der Waals surface area contributed by atoms with Crippen LogP contribution >= 0.6 is 0 Å². The molecule has 2 aliphatic rings. The van der Waals surface area contributed by atoms with E-state index in [0.29, 0.717) is 6.61 Å². The topological polar surface area (TPSA) is 60.4 Å². The second-order valence-corrected chi connectivity index (χ2v) is 6.71. The largest absolute Gasteiger partial charge is 0.486 e. The monoisotopic (exact) mass is 326 g/mol. The molecule has 126 valence electrons. The Kier molecular flexibility index (Phi) is 4.06. The van der Waals surface area contributed by atoms with Crippen molar-refractivity contribution in [2.45, 2.75) is 37.9 Å². The van der Waals surface area contributed by atoms with E-state index in [2.05, 4.69) is 19.9 Å². The second kappa shape index (κ2) is 6.36. The molecule has 0 aliphatic carbocycles. The van der Waals surface area contributed by atoms with Crippen LogP contribution in [-0.4, -0.2) is 46.4 Å². The van der Waals surface area contributed by atoms with E-state index >= 15 is 0 Å². The maximum absolute atomic E-state index is 6.20. The lowest BCUT2D eigenvalue weighted by Gasteiger charge is -2.39. The minimum atomic E-state index is -0.153. The van der Waals surface area contributed by atoms with Gasteiger partial charge in [0.15, 0.2) is 0 Å². The zero-order chi connectivity index (χ0) is 16.4. The normalized spacial score (nSPS) is 26.7. The smallest absolute Gasteiger partial charge is 0.225 e. The lowest BCUT2D eigenvalue weighted by Crippen LogP contribution is -2.48. The molecule has 2 aromatic rings. The summed E-state index contributed by atoms with van der Waals surface area (Å²) in [4.78, 5) is 15.3. The molecule has 0 saturated carbocycles. The first kappa shape index (κ1) is 15.3. The van der Waals surface area contributed by atoms with Gasteiger partial charge in [0.25, 0.3) is 0 Å². The van der Waals surface area contributed by atoms with Gasteiger partial charge in [0.05, 0.1) is 18.4 Å². The molecule has 4 rings (SSSR count). The summed E-state index contributed by atoms with van der Waals surface area (Å²) in [5, 5.41) is 0. The molecule has 2 aromatic heterocycles. The van der Waals surface area contributed by atoms with Crippen molar-refractivity contribution in [3.05, 3.63) is 42.5 Å². The van der Waals surface area contributed by atoms with Gasteiger partial charge in [-0.2, -0.15) is 0 Å². The fraction of sp³-hybridized carbons (Fsp3) is 0.500. The third kappa shape index (κ3) is 3.19. The van der Waals surface area contributed by atoms with Crippen LogP contribution in [0, 0.1) is 6.92 Å². The van der Waals surface area contributed by atoms with Crippen LogP contribution in [0.4, 0.5) is 5.95 Å². The minimum absolute atomic E-state index is 0.0769. The molecule has 2 saturated heterocycles. The average Bonchev–Trinajstić information content (AvgIpc) is 2.98. The van der Waals surface area contributed by atoms with Gasteiger partial charge in [0, 0.05) is 38.1 Å². The molecule has 4 heterocycles. The Balaban J connectivity index is 1.43. The Morgan fingerprint density at radius 2 is 2.17 bits per heavy atom. The predicted octanol–water partition coefficient (Wildman–Crippen LogP) is 2.39. The number of piperidine rings is 1. The van der Waals surface area contributed by atoms with Crippen LogP contribution < -0.4 is 9.64 Å². The fourth-order valence-corrected chi connectivity index (χ4v) is 3.59. The Hall–Kier alpha value is -2.21. The van der Waals surface area contributed by atoms with E-state index in [1.807, 2.05) is 31.5 Å². The van der Waals surface area contributed by atoms with Crippen LogP contribution in [-0.2, 0) is 4.74 Å². The molecular formula is C18H22N4O2. The lowest BCUT2D eigenvalue weighted by atomic mass is 9.89. The van der Waals surface area contributed by atoms with Crippen molar-refractivity contribution in [2.75, 3.05) is 24.6 Å². The summed E-state index contributed by atoms with van der Waals surface area (Å²) in [6, 6.07) is 3.82. The van der Waals surface area contributed by atoms with Crippen molar-refractivity contribution in [3.63, 3.8) is 0 Å². The highest BCUT2D eigenvalue weighted by molar-refractivity contribution is 5.32. The first-order valence-electron chi connectivity index (χ1n) is 8.47. The molecule has 1 spiro atoms. The van der Waals surface area contributed by atoms with Gasteiger partial charge < -0.3 is 14.4 Å². The minimum Gasteiger partial charge on any atom is -0.486 e. The molecule has 6 nitrogen and oxygen atoms in total. The molecule has 0 amide bonds. The molecule has 0 N–H and O–H groups in total. The number of hydrogen-bond donors (Lipinski definition) is 0. The molecule has 2 atom stereocenters. The van der Waals surface area contributed by atoms with Gasteiger partial charge in [0.2, 0.25) is 5.95 Å². The number of pyridine rings is 1. The van der Waals surface area contributed by atoms with Crippen LogP contribution in [0.15, 0.2) is 36.9 Å². The van der Waals surface area contributed by atoms with Gasteiger partial charge in [-0.3, -0.25) is 4.98 Å². The lowest BCUT2D eigenvalue weighted by molar-refractivity contribution is -0.00845. The van der Waals surface area contributed by atoms with Crippen molar-refractivity contribution < 1.29 is 9.47 Å². The summed E-state index contributed by atoms with van der Waals surface area (Å²) in [6.45, 7) is 4.42. The Labute approximate surface area is 141 Å². The summed E-state index contributed by atoms with van der Waals surface area (Å²) in [6.07, 6.45) is 10.3. The molecule has 0 aromatic carbocycles. The molecule has 6 heteroatoms. The van der Waals surface area contributed by atoms with Crippen LogP contribution in [0.2, 0.25) is 0 Å². The first-order valence-corrected chi connectivity index (χ1v) is 8.47. The van der Waals surface area contributed by atoms with Crippen LogP contribution in [0.5, 0.6) is 5.75 Å². The van der Waals surface area contributed by atoms with Crippen molar-refractivity contribution in [3.8, 4) is 5.75 Å². The zero-order valence-electron chi connectivity index (χ0n) is 13.9. The highest BCUT2D eigenvalue weighted by atomic mass is 16.6. The van der Waals surface area contributed by atoms with Gasteiger partial charge in [-0.15, -0.1) is 0 Å². The van der Waals surface area contributed by atoms with Gasteiger partial charge in [-0.25, -0.2) is 9.97 Å². The quantitative estimate of drug-likeness (QED) is 0.863. The third-order valence-electron chi connectivity index (χ3n) is 4.70. The second-order valence-electron chi connectivity index (χ2n) is 6.71. The number of nitrogens with zero attached hydrogens (tertiary/aromatic N) is 4. The molecule has 2 unspecified atom stereocenters. The number of hydrogen-bond acceptors (Lipinski definition) is 6. The maximum atomic E-state index is 6.20. The summed E-state index contributed by atoms with van der Waals surface area (Å²) in [5.74, 6) is 1.59. The Bertz CT molecular complexity index is 679. The standard InChI is InChI=1S/C18H22N4O2/c1-14-9-20-17(21-10-14)22-7-3-5-18(13-22)8-16(12-23-18)24-15-4-2-6-19-11-15/h2,4,6,9-11,16H,3,5,7-8,12-13H2,1H3. The molecule has 2 aliphatic heterocycles. The van der Waals surface area contributed by atoms with Gasteiger partial charge in [0.1, 0.15) is 11.9 Å². The van der Waals surface area contributed by atoms with Crippen molar-refractivity contribution in [1.82, 2.24) is 15.0 Å². The van der Waals surface area contributed by atoms with E-state index in [1.165, 1.54) is 0 Å². The molecular weight excluding hydrogens is 304 g/mol. The number of aryl methyl sites for hydroxylation is 1. The Morgan fingerprint density at radius 3 is 2.96 bits per heavy atom. The van der Waals surface area contributed by atoms with E-state index in [-0.39, 0.29) is 11.7 Å². The number of aromatic nitrogens is 3. The Morgan fingerprint density at radius 1 is 1.29 bits per heavy atom. The zero-order valence-corrected chi connectivity index (χ0v) is 13.9. The van der Waals surface area contributed by atoms with Crippen LogP contribution in [0.1, 0.15) is 24.8 Å². The van der Waals surface area contributed by atoms with Crippen LogP contribution in [0.3, 0.4) is 0 Å². The summed E-state index contributed by atoms with van der Waals surface area (Å²) in [5.41, 5.74) is 0.923. The van der Waals surface area contributed by atoms with Crippen molar-refractivity contribution in [1.29, 1.82) is 0 Å². The molecule has 0 radical (unpaired) electrons. The number of rotatable bonds is 3. The SMILES string of the molecule is Cc1cnc(N2CCCC3(CC(Oc4cccnc4)CO3)C2)nc1. The predicted molar refractivity (Wildman–Crippen MR) is 90.2 cm³/mol. The summed E-state index contributed by atoms with van der Waals surface area (Å²) < 4.78 is 12.2. The van der Waals surface area contributed by atoms with E-state index in [9.17, 15) is 0 Å². The third-order valence-corrected chi connectivity index (χ3v) is 4.70. The van der Waals surface area contributed by atoms with Gasteiger partial charge in [-0.05, 0) is 37.5 Å². The molecule has 0 bridgehead atoms. The van der Waals surface area contributed by atoms with Crippen molar-refractivity contribution in [2.24, 2.45) is 0 Å². The molecule has 24 heavy (non-hydrogen) atoms.